The van der Waals surface area contributed by atoms with Gasteiger partial charge < -0.3 is 15.8 Å². The van der Waals surface area contributed by atoms with Gasteiger partial charge in [-0.3, -0.25) is 0 Å². The molecule has 4 nitrogen and oxygen atoms in total. The highest BCUT2D eigenvalue weighted by atomic mass is 16.5. The van der Waals surface area contributed by atoms with Crippen LogP contribution in [0.1, 0.15) is 31.7 Å². The van der Waals surface area contributed by atoms with Gasteiger partial charge in [0.15, 0.2) is 0 Å². The summed E-state index contributed by atoms with van der Waals surface area (Å²) < 4.78 is 5.01. The van der Waals surface area contributed by atoms with Crippen LogP contribution < -0.4 is 11.1 Å². The maximum Gasteiger partial charge on any atom is 0.407 e. The molecule has 0 saturated carbocycles. The first-order valence-electron chi connectivity index (χ1n) is 5.97. The third-order valence-corrected chi connectivity index (χ3v) is 2.40. The lowest BCUT2D eigenvalue weighted by Crippen LogP contribution is -2.24. The highest BCUT2D eigenvalue weighted by Gasteiger charge is 2.01. The summed E-state index contributed by atoms with van der Waals surface area (Å²) in [6, 6.07) is 7.38. The van der Waals surface area contributed by atoms with Gasteiger partial charge in [0, 0.05) is 12.2 Å². The van der Waals surface area contributed by atoms with Crippen molar-refractivity contribution in [2.45, 2.75) is 32.7 Å². The van der Waals surface area contributed by atoms with Gasteiger partial charge in [0.2, 0.25) is 0 Å². The Labute approximate surface area is 102 Å². The zero-order valence-electron chi connectivity index (χ0n) is 10.2. The number of unbranched alkanes of at least 4 members (excludes halogenated alkanes) is 2. The second-order valence-electron chi connectivity index (χ2n) is 3.94. The number of nitrogen functional groups attached to an aromatic ring is 1. The molecule has 0 heterocycles. The van der Waals surface area contributed by atoms with Crippen molar-refractivity contribution in [1.82, 2.24) is 5.32 Å². The van der Waals surface area contributed by atoms with E-state index in [0.717, 1.165) is 30.5 Å². The lowest BCUT2D eigenvalue weighted by molar-refractivity contribution is 0.143. The van der Waals surface area contributed by atoms with E-state index in [1.165, 1.54) is 0 Å². The van der Waals surface area contributed by atoms with Gasteiger partial charge in [-0.05, 0) is 24.1 Å². The van der Waals surface area contributed by atoms with Crippen molar-refractivity contribution in [2.24, 2.45) is 0 Å². The number of hydrogen-bond donors (Lipinski definition) is 2. The summed E-state index contributed by atoms with van der Waals surface area (Å²) in [6.07, 6.45) is 2.77. The molecule has 1 aromatic rings. The van der Waals surface area contributed by atoms with E-state index in [4.69, 9.17) is 10.5 Å². The Balaban J connectivity index is 2.17. The van der Waals surface area contributed by atoms with Crippen LogP contribution in [-0.4, -0.2) is 12.7 Å². The predicted octanol–water partition coefficient (Wildman–Crippen LogP) is 2.69. The quantitative estimate of drug-likeness (QED) is 0.589. The molecule has 17 heavy (non-hydrogen) atoms. The van der Waals surface area contributed by atoms with Gasteiger partial charge in [-0.15, -0.1) is 0 Å². The summed E-state index contributed by atoms with van der Waals surface area (Å²) in [5.41, 5.74) is 7.29. The minimum absolute atomic E-state index is 0.363. The fraction of sp³-hybridized carbons (Fsp3) is 0.462. The smallest absolute Gasteiger partial charge is 0.407 e. The van der Waals surface area contributed by atoms with E-state index in [2.05, 4.69) is 12.2 Å². The van der Waals surface area contributed by atoms with Crippen LogP contribution in [0.25, 0.3) is 0 Å². The maximum absolute atomic E-state index is 11.3. The van der Waals surface area contributed by atoms with Crippen LogP contribution in [0.3, 0.4) is 0 Å². The zero-order chi connectivity index (χ0) is 12.5. The first-order valence-corrected chi connectivity index (χ1v) is 5.97. The Bertz CT molecular complexity index is 336. The van der Waals surface area contributed by atoms with Crippen LogP contribution in [0.2, 0.25) is 0 Å². The van der Waals surface area contributed by atoms with Crippen molar-refractivity contribution >= 4 is 11.8 Å². The van der Waals surface area contributed by atoms with Crippen molar-refractivity contribution in [3.8, 4) is 0 Å². The Kier molecular flexibility index (Phi) is 5.93. The van der Waals surface area contributed by atoms with Crippen molar-refractivity contribution in [3.05, 3.63) is 29.8 Å². The van der Waals surface area contributed by atoms with Crippen molar-refractivity contribution in [3.63, 3.8) is 0 Å². The lowest BCUT2D eigenvalue weighted by atomic mass is 10.2. The molecule has 0 spiro atoms. The van der Waals surface area contributed by atoms with Gasteiger partial charge in [-0.1, -0.05) is 31.9 Å². The standard InChI is InChI=1S/C13H20N2O2/c1-2-3-4-9-17-13(16)15-10-11-5-7-12(14)8-6-11/h5-8H,2-4,9-10,14H2,1H3,(H,15,16). The SMILES string of the molecule is CCCCCOC(=O)NCc1ccc(N)cc1. The van der Waals surface area contributed by atoms with E-state index in [0.29, 0.717) is 13.2 Å². The van der Waals surface area contributed by atoms with E-state index in [1.807, 2.05) is 24.3 Å². The molecule has 1 aromatic carbocycles. The molecule has 0 aromatic heterocycles. The van der Waals surface area contributed by atoms with Gasteiger partial charge in [-0.2, -0.15) is 0 Å². The normalized spacial score (nSPS) is 9.94. The average Bonchev–Trinajstić information content (AvgIpc) is 2.34. The van der Waals surface area contributed by atoms with E-state index in [1.54, 1.807) is 0 Å². The number of nitrogens with one attached hydrogen (secondary N) is 1. The number of carbonyl (C=O) groups excluding carboxylic acids is 1. The van der Waals surface area contributed by atoms with Gasteiger partial charge >= 0.3 is 6.09 Å². The molecule has 94 valence electrons. The third kappa shape index (κ3) is 5.80. The Morgan fingerprint density at radius 1 is 1.29 bits per heavy atom. The van der Waals surface area contributed by atoms with Crippen molar-refractivity contribution < 1.29 is 9.53 Å². The highest BCUT2D eigenvalue weighted by molar-refractivity contribution is 5.67. The van der Waals surface area contributed by atoms with Gasteiger partial charge in [-0.25, -0.2) is 4.79 Å². The van der Waals surface area contributed by atoms with E-state index >= 15 is 0 Å². The summed E-state index contributed by atoms with van der Waals surface area (Å²) in [6.45, 7) is 3.06. The molecule has 0 aliphatic carbocycles. The number of alkyl carbamates (subject to hydrolysis) is 1. The molecule has 0 saturated heterocycles. The Morgan fingerprint density at radius 2 is 2.00 bits per heavy atom. The van der Waals surface area contributed by atoms with Crippen LogP contribution in [0, 0.1) is 0 Å². The molecule has 0 unspecified atom stereocenters. The summed E-state index contributed by atoms with van der Waals surface area (Å²) in [4.78, 5) is 11.3. The molecule has 4 heteroatoms. The molecule has 0 aliphatic rings. The molecule has 0 radical (unpaired) electrons. The summed E-state index contributed by atoms with van der Waals surface area (Å²) in [5, 5.41) is 2.69. The number of carbonyl (C=O) groups is 1. The number of rotatable bonds is 6. The van der Waals surface area contributed by atoms with Crippen LogP contribution in [-0.2, 0) is 11.3 Å². The summed E-state index contributed by atoms with van der Waals surface area (Å²) >= 11 is 0. The molecular weight excluding hydrogens is 216 g/mol. The molecular formula is C13H20N2O2. The third-order valence-electron chi connectivity index (χ3n) is 2.40. The zero-order valence-corrected chi connectivity index (χ0v) is 10.2. The number of anilines is 1. The Hall–Kier alpha value is -1.71. The van der Waals surface area contributed by atoms with Crippen LogP contribution >= 0.6 is 0 Å². The molecule has 1 amide bonds. The molecule has 0 bridgehead atoms. The minimum Gasteiger partial charge on any atom is -0.450 e. The maximum atomic E-state index is 11.3. The molecule has 0 fully saturated rings. The molecule has 1 rings (SSSR count). The van der Waals surface area contributed by atoms with Gasteiger partial charge in [0.1, 0.15) is 0 Å². The largest absolute Gasteiger partial charge is 0.450 e. The second-order valence-corrected chi connectivity index (χ2v) is 3.94. The van der Waals surface area contributed by atoms with Gasteiger partial charge in [0.25, 0.3) is 0 Å². The van der Waals surface area contributed by atoms with E-state index in [-0.39, 0.29) is 6.09 Å². The topological polar surface area (TPSA) is 64.3 Å². The molecule has 0 aliphatic heterocycles. The average molecular weight is 236 g/mol. The number of amides is 1. The minimum atomic E-state index is -0.363. The number of hydrogen-bond acceptors (Lipinski definition) is 3. The first-order chi connectivity index (χ1) is 8.22. The number of benzene rings is 1. The fourth-order valence-electron chi connectivity index (χ4n) is 1.38. The first kappa shape index (κ1) is 13.4. The van der Waals surface area contributed by atoms with E-state index in [9.17, 15) is 4.79 Å². The highest BCUT2D eigenvalue weighted by Crippen LogP contribution is 2.04. The summed E-state index contributed by atoms with van der Waals surface area (Å²) in [5.74, 6) is 0. The van der Waals surface area contributed by atoms with Crippen LogP contribution in [0.4, 0.5) is 10.5 Å². The fourth-order valence-corrected chi connectivity index (χ4v) is 1.38. The number of nitrogens with two attached hydrogens (primary N) is 1. The van der Waals surface area contributed by atoms with E-state index < -0.39 is 0 Å². The second kappa shape index (κ2) is 7.54. The monoisotopic (exact) mass is 236 g/mol. The Morgan fingerprint density at radius 3 is 2.65 bits per heavy atom. The summed E-state index contributed by atoms with van der Waals surface area (Å²) in [7, 11) is 0. The van der Waals surface area contributed by atoms with Crippen molar-refractivity contribution in [2.75, 3.05) is 12.3 Å². The predicted molar refractivity (Wildman–Crippen MR) is 68.6 cm³/mol. The lowest BCUT2D eigenvalue weighted by Gasteiger charge is -2.06. The van der Waals surface area contributed by atoms with Gasteiger partial charge in [0.05, 0.1) is 6.61 Å². The molecule has 3 N–H and O–H groups in total. The van der Waals surface area contributed by atoms with Crippen LogP contribution in [0.5, 0.6) is 0 Å². The number of ether oxygens (including phenoxy) is 1. The molecule has 0 atom stereocenters. The van der Waals surface area contributed by atoms with Crippen molar-refractivity contribution in [1.29, 1.82) is 0 Å². The van der Waals surface area contributed by atoms with Crippen LogP contribution in [0.15, 0.2) is 24.3 Å².